The van der Waals surface area contributed by atoms with E-state index in [0.717, 1.165) is 42.7 Å². The van der Waals surface area contributed by atoms with Gasteiger partial charge in [0.1, 0.15) is 5.75 Å². The number of ether oxygens (including phenoxy) is 1. The number of aromatic nitrogens is 1. The Morgan fingerprint density at radius 2 is 2.16 bits per heavy atom. The summed E-state index contributed by atoms with van der Waals surface area (Å²) in [5, 5.41) is 12.5. The van der Waals surface area contributed by atoms with E-state index in [-0.39, 0.29) is 24.0 Å². The maximum absolute atomic E-state index is 12.6. The molecule has 25 heavy (non-hydrogen) atoms. The van der Waals surface area contributed by atoms with Crippen LogP contribution in [0, 0.1) is 5.41 Å². The molecule has 1 fully saturated rings. The number of nitrogens with one attached hydrogen (secondary N) is 1. The molecule has 1 aromatic heterocycles. The van der Waals surface area contributed by atoms with Crippen LogP contribution in [0.25, 0.3) is 11.1 Å². The molecular formula is C20H22N2O3. The van der Waals surface area contributed by atoms with Gasteiger partial charge in [-0.15, -0.1) is 0 Å². The number of benzene rings is 1. The number of nitrogens with zero attached hydrogens (tertiary/aromatic N) is 1. The van der Waals surface area contributed by atoms with Crippen molar-refractivity contribution in [1.29, 1.82) is 0 Å². The number of fused-ring (bicyclic) bond motifs is 1. The maximum Gasteiger partial charge on any atom is 0.253 e. The van der Waals surface area contributed by atoms with Crippen LogP contribution < -0.4 is 10.1 Å². The lowest BCUT2D eigenvalue weighted by Gasteiger charge is -2.22. The smallest absolute Gasteiger partial charge is 0.253 e. The van der Waals surface area contributed by atoms with E-state index in [9.17, 15) is 9.90 Å². The van der Waals surface area contributed by atoms with Crippen LogP contribution in [0.2, 0.25) is 0 Å². The molecule has 1 atom stereocenters. The zero-order chi connectivity index (χ0) is 17.4. The molecule has 130 valence electrons. The van der Waals surface area contributed by atoms with E-state index >= 15 is 0 Å². The Balaban J connectivity index is 1.54. The molecule has 2 aromatic rings. The highest BCUT2D eigenvalue weighted by molar-refractivity contribution is 5.95. The second-order valence-corrected chi connectivity index (χ2v) is 7.10. The first-order valence-electron chi connectivity index (χ1n) is 8.74. The molecule has 1 saturated carbocycles. The van der Waals surface area contributed by atoms with E-state index in [0.29, 0.717) is 5.56 Å². The molecule has 5 heteroatoms. The van der Waals surface area contributed by atoms with Gasteiger partial charge in [0.2, 0.25) is 0 Å². The van der Waals surface area contributed by atoms with Gasteiger partial charge in [-0.3, -0.25) is 9.78 Å². The summed E-state index contributed by atoms with van der Waals surface area (Å²) < 4.78 is 5.54. The van der Waals surface area contributed by atoms with Crippen molar-refractivity contribution in [3.63, 3.8) is 0 Å². The molecule has 1 amide bonds. The highest BCUT2D eigenvalue weighted by Gasteiger charge is 2.47. The van der Waals surface area contributed by atoms with E-state index in [1.54, 1.807) is 12.4 Å². The monoisotopic (exact) mass is 338 g/mol. The maximum atomic E-state index is 12.6. The van der Waals surface area contributed by atoms with Crippen molar-refractivity contribution in [1.82, 2.24) is 10.3 Å². The van der Waals surface area contributed by atoms with Crippen LogP contribution in [0.5, 0.6) is 5.75 Å². The van der Waals surface area contributed by atoms with Crippen molar-refractivity contribution in [2.45, 2.75) is 32.2 Å². The first-order chi connectivity index (χ1) is 12.1. The average Bonchev–Trinajstić information content (AvgIpc) is 3.31. The molecule has 1 aliphatic carbocycles. The third kappa shape index (κ3) is 3.00. The van der Waals surface area contributed by atoms with Crippen LogP contribution in [0.3, 0.4) is 0 Å². The highest BCUT2D eigenvalue weighted by Crippen LogP contribution is 2.48. The molecule has 2 aliphatic rings. The summed E-state index contributed by atoms with van der Waals surface area (Å²) >= 11 is 0. The Labute approximate surface area is 147 Å². The molecule has 0 spiro atoms. The van der Waals surface area contributed by atoms with Crippen molar-refractivity contribution in [2.24, 2.45) is 5.41 Å². The van der Waals surface area contributed by atoms with Crippen LogP contribution in [-0.4, -0.2) is 35.3 Å². The molecule has 1 aromatic carbocycles. The van der Waals surface area contributed by atoms with Gasteiger partial charge in [-0.2, -0.15) is 0 Å². The molecule has 5 nitrogen and oxygen atoms in total. The molecule has 0 radical (unpaired) electrons. The normalized spacial score (nSPS) is 18.2. The first-order valence-corrected chi connectivity index (χ1v) is 8.74. The SMILES string of the molecule is CC(NC(=O)c1cncc(-c2ccc3c(c2)CCO3)c1)C1(CO)CC1. The second-order valence-electron chi connectivity index (χ2n) is 7.10. The third-order valence-corrected chi connectivity index (χ3v) is 5.50. The summed E-state index contributed by atoms with van der Waals surface area (Å²) in [6.45, 7) is 2.80. The fourth-order valence-electron chi connectivity index (χ4n) is 3.41. The number of aliphatic hydroxyl groups is 1. The highest BCUT2D eigenvalue weighted by atomic mass is 16.5. The van der Waals surface area contributed by atoms with Gasteiger partial charge in [-0.1, -0.05) is 6.07 Å². The number of pyridine rings is 1. The zero-order valence-corrected chi connectivity index (χ0v) is 14.3. The number of amides is 1. The molecule has 2 heterocycles. The summed E-state index contributed by atoms with van der Waals surface area (Å²) in [4.78, 5) is 16.8. The lowest BCUT2D eigenvalue weighted by Crippen LogP contribution is -2.40. The van der Waals surface area contributed by atoms with Gasteiger partial charge in [0.15, 0.2) is 0 Å². The van der Waals surface area contributed by atoms with Crippen molar-refractivity contribution >= 4 is 5.91 Å². The van der Waals surface area contributed by atoms with Gasteiger partial charge < -0.3 is 15.2 Å². The lowest BCUT2D eigenvalue weighted by molar-refractivity contribution is 0.0899. The number of hydrogen-bond donors (Lipinski definition) is 2. The molecule has 1 unspecified atom stereocenters. The fourth-order valence-corrected chi connectivity index (χ4v) is 3.41. The molecule has 0 bridgehead atoms. The van der Waals surface area contributed by atoms with Crippen LogP contribution in [0.15, 0.2) is 36.7 Å². The number of hydrogen-bond acceptors (Lipinski definition) is 4. The van der Waals surface area contributed by atoms with Crippen molar-refractivity contribution in [3.8, 4) is 16.9 Å². The quantitative estimate of drug-likeness (QED) is 0.879. The summed E-state index contributed by atoms with van der Waals surface area (Å²) in [7, 11) is 0. The summed E-state index contributed by atoms with van der Waals surface area (Å²) in [5.74, 6) is 0.796. The van der Waals surface area contributed by atoms with Crippen LogP contribution in [-0.2, 0) is 6.42 Å². The van der Waals surface area contributed by atoms with Gasteiger partial charge in [0.05, 0.1) is 18.8 Å². The number of aliphatic hydroxyl groups excluding tert-OH is 1. The van der Waals surface area contributed by atoms with Crippen molar-refractivity contribution < 1.29 is 14.6 Å². The Morgan fingerprint density at radius 3 is 2.92 bits per heavy atom. The molecule has 0 saturated heterocycles. The largest absolute Gasteiger partial charge is 0.493 e. The number of carbonyl (C=O) groups excluding carboxylic acids is 1. The van der Waals surface area contributed by atoms with Gasteiger partial charge in [-0.05, 0) is 49.1 Å². The van der Waals surface area contributed by atoms with Crippen LogP contribution in [0.4, 0.5) is 0 Å². The predicted octanol–water partition coefficient (Wildman–Crippen LogP) is 2.57. The van der Waals surface area contributed by atoms with E-state index in [1.165, 1.54) is 5.56 Å². The minimum absolute atomic E-state index is 0.0502. The molecule has 2 N–H and O–H groups in total. The molecular weight excluding hydrogens is 316 g/mol. The lowest BCUT2D eigenvalue weighted by atomic mass is 9.98. The van der Waals surface area contributed by atoms with Gasteiger partial charge in [0.25, 0.3) is 5.91 Å². The van der Waals surface area contributed by atoms with E-state index < -0.39 is 0 Å². The Bertz CT molecular complexity index is 814. The van der Waals surface area contributed by atoms with Crippen LogP contribution >= 0.6 is 0 Å². The van der Waals surface area contributed by atoms with Gasteiger partial charge in [-0.25, -0.2) is 0 Å². The van der Waals surface area contributed by atoms with Crippen LogP contribution in [0.1, 0.15) is 35.7 Å². The first kappa shape index (κ1) is 16.1. The Morgan fingerprint density at radius 1 is 1.32 bits per heavy atom. The summed E-state index contributed by atoms with van der Waals surface area (Å²) in [6.07, 6.45) is 6.19. The van der Waals surface area contributed by atoms with Crippen molar-refractivity contribution in [2.75, 3.05) is 13.2 Å². The predicted molar refractivity (Wildman–Crippen MR) is 94.6 cm³/mol. The number of carbonyl (C=O) groups is 1. The van der Waals surface area contributed by atoms with Gasteiger partial charge in [0, 0.05) is 35.8 Å². The van der Waals surface area contributed by atoms with E-state index in [4.69, 9.17) is 4.74 Å². The topological polar surface area (TPSA) is 71.5 Å². The Hall–Kier alpha value is -2.40. The zero-order valence-electron chi connectivity index (χ0n) is 14.3. The number of rotatable bonds is 5. The van der Waals surface area contributed by atoms with Gasteiger partial charge >= 0.3 is 0 Å². The Kier molecular flexibility index (Phi) is 3.96. The van der Waals surface area contributed by atoms with Crippen molar-refractivity contribution in [3.05, 3.63) is 47.8 Å². The summed E-state index contributed by atoms with van der Waals surface area (Å²) in [6, 6.07) is 7.89. The standard InChI is InChI=1S/C20H22N2O3/c1-13(20(12-23)5-6-20)22-19(24)17-9-16(10-21-11-17)14-2-3-18-15(8-14)4-7-25-18/h2-3,8-11,13,23H,4-7,12H2,1H3,(H,22,24). The third-order valence-electron chi connectivity index (χ3n) is 5.50. The minimum Gasteiger partial charge on any atom is -0.493 e. The minimum atomic E-state index is -0.147. The second kappa shape index (κ2) is 6.15. The average molecular weight is 338 g/mol. The summed E-state index contributed by atoms with van der Waals surface area (Å²) in [5.41, 5.74) is 3.54. The molecule has 4 rings (SSSR count). The molecule has 1 aliphatic heterocycles. The fraction of sp³-hybridized carbons (Fsp3) is 0.400. The van der Waals surface area contributed by atoms with E-state index in [1.807, 2.05) is 25.1 Å². The van der Waals surface area contributed by atoms with E-state index in [2.05, 4.69) is 16.4 Å².